The molecule has 6 aromatic carbocycles. The van der Waals surface area contributed by atoms with Gasteiger partial charge in [0, 0.05) is 44.3 Å². The zero-order chi connectivity index (χ0) is 31.5. The molecule has 0 fully saturated rings. The van der Waals surface area contributed by atoms with Gasteiger partial charge in [0.25, 0.3) is 0 Å². The number of benzene rings is 6. The zero-order valence-electron chi connectivity index (χ0n) is 26.8. The van der Waals surface area contributed by atoms with Gasteiger partial charge in [0.05, 0.1) is 0 Å². The maximum atomic E-state index is 3.66. The monoisotopic (exact) mass is 604 g/mol. The molecule has 2 heteroatoms. The summed E-state index contributed by atoms with van der Waals surface area (Å²) in [7, 11) is 0. The smallest absolute Gasteiger partial charge is 0.0465 e. The van der Waals surface area contributed by atoms with E-state index in [1.165, 1.54) is 55.2 Å². The molecule has 0 saturated carbocycles. The van der Waals surface area contributed by atoms with Gasteiger partial charge in [0.2, 0.25) is 0 Å². The molecule has 0 radical (unpaired) electrons. The number of aromatic amines is 1. The number of rotatable bonds is 5. The van der Waals surface area contributed by atoms with Crippen molar-refractivity contribution in [1.29, 1.82) is 0 Å². The molecule has 226 valence electrons. The van der Waals surface area contributed by atoms with Crippen molar-refractivity contribution in [3.05, 3.63) is 168 Å². The molecular weight excluding hydrogens is 569 g/mol. The van der Waals surface area contributed by atoms with Crippen LogP contribution in [0.25, 0.3) is 49.6 Å². The molecule has 2 aliphatic carbocycles. The minimum Gasteiger partial charge on any atom is -0.355 e. The second-order valence-electron chi connectivity index (χ2n) is 13.4. The second kappa shape index (κ2) is 10.7. The highest BCUT2D eigenvalue weighted by Gasteiger charge is 2.37. The van der Waals surface area contributed by atoms with Crippen molar-refractivity contribution < 1.29 is 0 Å². The Hall–Kier alpha value is -5.60. The van der Waals surface area contributed by atoms with Crippen molar-refractivity contribution in [2.75, 3.05) is 4.90 Å². The normalized spacial score (nSPS) is 14.9. The van der Waals surface area contributed by atoms with E-state index in [1.807, 2.05) is 0 Å². The Morgan fingerprint density at radius 2 is 1.09 bits per heavy atom. The SMILES string of the molecule is CC1(C)C2=C(CCC=C2)c2ccc(-c3ccc4[nH]c5ccc(-c6ccc(N(c7ccccc7)c7ccccc7)cc6)cc5c4c3)cc21. The van der Waals surface area contributed by atoms with Gasteiger partial charge in [0.1, 0.15) is 0 Å². The number of nitrogens with zero attached hydrogens (tertiary/aromatic N) is 1. The van der Waals surface area contributed by atoms with Crippen LogP contribution in [0, 0.1) is 0 Å². The highest BCUT2D eigenvalue weighted by molar-refractivity contribution is 6.09. The van der Waals surface area contributed by atoms with Crippen LogP contribution in [0.4, 0.5) is 17.1 Å². The lowest BCUT2D eigenvalue weighted by Gasteiger charge is -2.25. The number of hydrogen-bond donors (Lipinski definition) is 1. The number of nitrogens with one attached hydrogen (secondary N) is 1. The van der Waals surface area contributed by atoms with Gasteiger partial charge < -0.3 is 9.88 Å². The predicted molar refractivity (Wildman–Crippen MR) is 200 cm³/mol. The minimum absolute atomic E-state index is 0.0339. The van der Waals surface area contributed by atoms with Gasteiger partial charge in [-0.2, -0.15) is 0 Å². The average molecular weight is 605 g/mol. The summed E-state index contributed by atoms with van der Waals surface area (Å²) in [4.78, 5) is 5.97. The quantitative estimate of drug-likeness (QED) is 0.207. The lowest BCUT2D eigenvalue weighted by atomic mass is 9.79. The van der Waals surface area contributed by atoms with Crippen molar-refractivity contribution in [1.82, 2.24) is 4.98 Å². The Morgan fingerprint density at radius 1 is 0.553 bits per heavy atom. The summed E-state index contributed by atoms with van der Waals surface area (Å²) in [6, 6.07) is 50.9. The van der Waals surface area contributed by atoms with Crippen molar-refractivity contribution in [2.45, 2.75) is 32.1 Å². The standard InChI is InChI=1S/C45H36N2/c1-45(2)41-16-10-9-15-37(41)38-24-19-33(29-42(38)45)32-21-26-44-40(28-32)39-27-31(20-25-43(39)46-44)30-17-22-36(23-18-30)47(34-11-5-3-6-12-34)35-13-7-4-8-14-35/h3-8,10-14,16-29,46H,9,15H2,1-2H3. The van der Waals surface area contributed by atoms with E-state index in [0.717, 1.165) is 35.4 Å². The fourth-order valence-electron chi connectivity index (χ4n) is 7.84. The Labute approximate surface area is 276 Å². The van der Waals surface area contributed by atoms with E-state index in [9.17, 15) is 0 Å². The van der Waals surface area contributed by atoms with Crippen LogP contribution in [0.3, 0.4) is 0 Å². The van der Waals surface area contributed by atoms with E-state index >= 15 is 0 Å². The van der Waals surface area contributed by atoms with Gasteiger partial charge in [-0.3, -0.25) is 0 Å². The van der Waals surface area contributed by atoms with E-state index < -0.39 is 0 Å². The highest BCUT2D eigenvalue weighted by Crippen LogP contribution is 2.51. The van der Waals surface area contributed by atoms with Crippen molar-refractivity contribution in [3.8, 4) is 22.3 Å². The fraction of sp³-hybridized carbons (Fsp3) is 0.111. The minimum atomic E-state index is 0.0339. The first-order valence-electron chi connectivity index (χ1n) is 16.7. The third-order valence-electron chi connectivity index (χ3n) is 10.3. The second-order valence-corrected chi connectivity index (χ2v) is 13.4. The Balaban J connectivity index is 1.08. The van der Waals surface area contributed by atoms with E-state index in [0.29, 0.717) is 0 Å². The van der Waals surface area contributed by atoms with Gasteiger partial charge in [-0.15, -0.1) is 0 Å². The van der Waals surface area contributed by atoms with E-state index in [1.54, 1.807) is 5.57 Å². The van der Waals surface area contributed by atoms with E-state index in [-0.39, 0.29) is 5.41 Å². The number of para-hydroxylation sites is 2. The van der Waals surface area contributed by atoms with E-state index in [2.05, 4.69) is 175 Å². The molecule has 0 atom stereocenters. The maximum Gasteiger partial charge on any atom is 0.0465 e. The van der Waals surface area contributed by atoms with Crippen LogP contribution in [-0.4, -0.2) is 4.98 Å². The molecule has 0 unspecified atom stereocenters. The lowest BCUT2D eigenvalue weighted by molar-refractivity contribution is 0.651. The number of hydrogen-bond acceptors (Lipinski definition) is 1. The first kappa shape index (κ1) is 27.7. The summed E-state index contributed by atoms with van der Waals surface area (Å²) in [6.45, 7) is 4.76. The van der Waals surface area contributed by atoms with Crippen LogP contribution in [0.1, 0.15) is 37.8 Å². The van der Waals surface area contributed by atoms with Gasteiger partial charge >= 0.3 is 0 Å². The summed E-state index contributed by atoms with van der Waals surface area (Å²) < 4.78 is 0. The summed E-state index contributed by atoms with van der Waals surface area (Å²) in [6.07, 6.45) is 6.99. The summed E-state index contributed by atoms with van der Waals surface area (Å²) in [5.74, 6) is 0. The molecule has 9 rings (SSSR count). The molecule has 0 spiro atoms. The Morgan fingerprint density at radius 3 is 1.72 bits per heavy atom. The number of fused-ring (bicyclic) bond motifs is 5. The first-order chi connectivity index (χ1) is 23.0. The lowest BCUT2D eigenvalue weighted by Crippen LogP contribution is -2.16. The molecule has 47 heavy (non-hydrogen) atoms. The number of aromatic nitrogens is 1. The fourth-order valence-corrected chi connectivity index (χ4v) is 7.84. The third-order valence-corrected chi connectivity index (χ3v) is 10.3. The van der Waals surface area contributed by atoms with Crippen molar-refractivity contribution in [3.63, 3.8) is 0 Å². The molecule has 0 saturated heterocycles. The molecule has 0 bridgehead atoms. The average Bonchev–Trinajstić information content (AvgIpc) is 3.60. The van der Waals surface area contributed by atoms with Crippen LogP contribution in [0.5, 0.6) is 0 Å². The molecule has 1 aromatic heterocycles. The van der Waals surface area contributed by atoms with Gasteiger partial charge in [0.15, 0.2) is 0 Å². The van der Waals surface area contributed by atoms with Gasteiger partial charge in [-0.25, -0.2) is 0 Å². The molecule has 0 aliphatic heterocycles. The Bertz CT molecular complexity index is 2310. The largest absolute Gasteiger partial charge is 0.355 e. The number of anilines is 3. The number of allylic oxidation sites excluding steroid dienone is 4. The van der Waals surface area contributed by atoms with Gasteiger partial charge in [-0.05, 0) is 124 Å². The van der Waals surface area contributed by atoms with Crippen LogP contribution in [0.15, 0.2) is 157 Å². The molecule has 2 nitrogen and oxygen atoms in total. The third kappa shape index (κ3) is 4.55. The molecule has 0 amide bonds. The molecule has 2 aliphatic rings. The zero-order valence-corrected chi connectivity index (χ0v) is 26.8. The maximum absolute atomic E-state index is 3.66. The summed E-state index contributed by atoms with van der Waals surface area (Å²) in [5.41, 5.74) is 16.7. The van der Waals surface area contributed by atoms with Crippen LogP contribution < -0.4 is 4.90 Å². The Kier molecular flexibility index (Phi) is 6.33. The summed E-state index contributed by atoms with van der Waals surface area (Å²) >= 11 is 0. The van der Waals surface area contributed by atoms with Crippen molar-refractivity contribution >= 4 is 44.4 Å². The van der Waals surface area contributed by atoms with Crippen LogP contribution >= 0.6 is 0 Å². The van der Waals surface area contributed by atoms with Crippen LogP contribution in [0.2, 0.25) is 0 Å². The topological polar surface area (TPSA) is 19.0 Å². The first-order valence-corrected chi connectivity index (χ1v) is 16.7. The predicted octanol–water partition coefficient (Wildman–Crippen LogP) is 12.5. The molecular formula is C45H36N2. The number of H-pyrrole nitrogens is 1. The van der Waals surface area contributed by atoms with Crippen molar-refractivity contribution in [2.24, 2.45) is 0 Å². The molecule has 7 aromatic rings. The highest BCUT2D eigenvalue weighted by atomic mass is 15.1. The van der Waals surface area contributed by atoms with E-state index in [4.69, 9.17) is 0 Å². The van der Waals surface area contributed by atoms with Gasteiger partial charge in [-0.1, -0.05) is 98.8 Å². The molecule has 1 heterocycles. The van der Waals surface area contributed by atoms with Crippen LogP contribution in [-0.2, 0) is 5.41 Å². The summed E-state index contributed by atoms with van der Waals surface area (Å²) in [5, 5.41) is 2.51. The molecule has 1 N–H and O–H groups in total.